The Morgan fingerprint density at radius 3 is 2.17 bits per heavy atom. The molecule has 35 heavy (non-hydrogen) atoms. The number of carbonyl (C=O) groups is 3. The van der Waals surface area contributed by atoms with Crippen LogP contribution in [0.4, 0.5) is 10.5 Å². The minimum absolute atomic E-state index is 0.0577. The summed E-state index contributed by atoms with van der Waals surface area (Å²) in [6, 6.07) is 12.6. The summed E-state index contributed by atoms with van der Waals surface area (Å²) in [6.45, 7) is 0.877. The Balaban J connectivity index is 1.22. The van der Waals surface area contributed by atoms with Crippen molar-refractivity contribution in [3.05, 3.63) is 59.7 Å². The smallest absolute Gasteiger partial charge is 0.321 e. The van der Waals surface area contributed by atoms with Crippen LogP contribution in [0.5, 0.6) is 0 Å². The Kier molecular flexibility index (Phi) is 6.33. The molecule has 1 saturated heterocycles. The second kappa shape index (κ2) is 9.43. The Labute approximate surface area is 204 Å². The molecule has 0 spiro atoms. The number of anilines is 1. The van der Waals surface area contributed by atoms with Crippen molar-refractivity contribution in [2.45, 2.75) is 43.0 Å². The molecule has 2 aromatic carbocycles. The number of fused-ring (bicyclic) bond motifs is 1. The van der Waals surface area contributed by atoms with Crippen LogP contribution in [0.25, 0.3) is 0 Å². The number of nitrogens with one attached hydrogen (secondary N) is 1. The number of amides is 4. The first kappa shape index (κ1) is 23.5. The summed E-state index contributed by atoms with van der Waals surface area (Å²) in [5.41, 5.74) is 1.12. The summed E-state index contributed by atoms with van der Waals surface area (Å²) in [5, 5.41) is 2.79. The molecule has 0 unspecified atom stereocenters. The second-order valence-corrected chi connectivity index (χ2v) is 11.1. The molecule has 9 nitrogen and oxygen atoms in total. The highest BCUT2D eigenvalue weighted by molar-refractivity contribution is 7.89. The van der Waals surface area contributed by atoms with Crippen LogP contribution < -0.4 is 5.32 Å². The van der Waals surface area contributed by atoms with Crippen molar-refractivity contribution in [2.75, 3.05) is 31.5 Å². The average molecular weight is 497 g/mol. The zero-order valence-electron chi connectivity index (χ0n) is 19.4. The molecule has 3 aliphatic rings. The van der Waals surface area contributed by atoms with Crippen molar-refractivity contribution >= 4 is 33.6 Å². The lowest BCUT2D eigenvalue weighted by Crippen LogP contribution is -2.51. The predicted molar refractivity (Wildman–Crippen MR) is 130 cm³/mol. The van der Waals surface area contributed by atoms with Gasteiger partial charge in [0.15, 0.2) is 0 Å². The van der Waals surface area contributed by atoms with Gasteiger partial charge in [0.05, 0.1) is 16.0 Å². The molecule has 5 rings (SSSR count). The number of sulfonamides is 1. The first-order valence-electron chi connectivity index (χ1n) is 12.0. The Bertz CT molecular complexity index is 1250. The molecule has 10 heteroatoms. The summed E-state index contributed by atoms with van der Waals surface area (Å²) in [4.78, 5) is 41.9. The fourth-order valence-corrected chi connectivity index (χ4v) is 6.53. The molecule has 2 heterocycles. The minimum atomic E-state index is -3.60. The highest BCUT2D eigenvalue weighted by Gasteiger charge is 2.40. The van der Waals surface area contributed by atoms with Crippen LogP contribution in [-0.4, -0.2) is 72.6 Å². The lowest BCUT2D eigenvalue weighted by molar-refractivity contribution is 0.0549. The number of carbonyl (C=O) groups excluding carboxylic acids is 3. The Morgan fingerprint density at radius 2 is 1.49 bits per heavy atom. The zero-order valence-corrected chi connectivity index (χ0v) is 20.2. The third-order valence-electron chi connectivity index (χ3n) is 7.02. The largest absolute Gasteiger partial charge is 0.322 e. The zero-order chi connectivity index (χ0) is 24.6. The van der Waals surface area contributed by atoms with E-state index in [-0.39, 0.29) is 55.0 Å². The monoisotopic (exact) mass is 496 g/mol. The van der Waals surface area contributed by atoms with Crippen LogP contribution in [0.2, 0.25) is 0 Å². The maximum Gasteiger partial charge on any atom is 0.321 e. The molecule has 1 saturated carbocycles. The quantitative estimate of drug-likeness (QED) is 0.655. The molecule has 0 radical (unpaired) electrons. The van der Waals surface area contributed by atoms with Gasteiger partial charge in [-0.15, -0.1) is 0 Å². The van der Waals surface area contributed by atoms with Gasteiger partial charge in [0.1, 0.15) is 0 Å². The molecule has 0 aromatic heterocycles. The summed E-state index contributed by atoms with van der Waals surface area (Å²) in [6.07, 6.45) is 4.82. The number of piperazine rings is 1. The van der Waals surface area contributed by atoms with E-state index in [4.69, 9.17) is 0 Å². The van der Waals surface area contributed by atoms with Gasteiger partial charge in [0.2, 0.25) is 10.0 Å². The van der Waals surface area contributed by atoms with Crippen molar-refractivity contribution < 1.29 is 22.8 Å². The average Bonchev–Trinajstić information content (AvgIpc) is 3.14. The molecular formula is C25H28N4O5S. The second-order valence-electron chi connectivity index (χ2n) is 9.17. The normalized spacial score (nSPS) is 19.7. The van der Waals surface area contributed by atoms with Crippen molar-refractivity contribution in [1.29, 1.82) is 0 Å². The number of urea groups is 1. The highest BCUT2D eigenvalue weighted by atomic mass is 32.2. The lowest BCUT2D eigenvalue weighted by atomic mass is 9.94. The predicted octanol–water partition coefficient (Wildman–Crippen LogP) is 3.15. The number of hydrogen-bond acceptors (Lipinski definition) is 5. The van der Waals surface area contributed by atoms with Crippen LogP contribution in [0.3, 0.4) is 0 Å². The van der Waals surface area contributed by atoms with Crippen molar-refractivity contribution in [1.82, 2.24) is 14.1 Å². The van der Waals surface area contributed by atoms with Crippen LogP contribution >= 0.6 is 0 Å². The summed E-state index contributed by atoms with van der Waals surface area (Å²) >= 11 is 0. The number of rotatable bonds is 4. The molecular weight excluding hydrogens is 468 g/mol. The van der Waals surface area contributed by atoms with Crippen LogP contribution in [0.1, 0.15) is 52.8 Å². The van der Waals surface area contributed by atoms with Gasteiger partial charge in [0, 0.05) is 37.9 Å². The number of imide groups is 1. The number of benzene rings is 2. The van der Waals surface area contributed by atoms with E-state index in [0.29, 0.717) is 16.8 Å². The summed E-state index contributed by atoms with van der Waals surface area (Å²) in [7, 11) is -3.60. The highest BCUT2D eigenvalue weighted by Crippen LogP contribution is 2.32. The van der Waals surface area contributed by atoms with Crippen LogP contribution in [-0.2, 0) is 10.0 Å². The first-order valence-corrected chi connectivity index (χ1v) is 13.4. The van der Waals surface area contributed by atoms with E-state index in [9.17, 15) is 22.8 Å². The fourth-order valence-electron chi connectivity index (χ4n) is 5.08. The maximum absolute atomic E-state index is 13.0. The van der Waals surface area contributed by atoms with Gasteiger partial charge >= 0.3 is 6.03 Å². The van der Waals surface area contributed by atoms with E-state index in [1.54, 1.807) is 53.4 Å². The molecule has 2 aromatic rings. The third kappa shape index (κ3) is 4.43. The van der Waals surface area contributed by atoms with E-state index >= 15 is 0 Å². The molecule has 4 amide bonds. The Morgan fingerprint density at radius 1 is 0.829 bits per heavy atom. The maximum atomic E-state index is 13.0. The van der Waals surface area contributed by atoms with Gasteiger partial charge in [-0.3, -0.25) is 14.5 Å². The van der Waals surface area contributed by atoms with E-state index < -0.39 is 10.0 Å². The van der Waals surface area contributed by atoms with Crippen molar-refractivity contribution in [3.63, 3.8) is 0 Å². The van der Waals surface area contributed by atoms with E-state index in [1.165, 1.54) is 9.21 Å². The van der Waals surface area contributed by atoms with Gasteiger partial charge in [-0.25, -0.2) is 13.2 Å². The van der Waals surface area contributed by atoms with Gasteiger partial charge in [-0.05, 0) is 43.2 Å². The van der Waals surface area contributed by atoms with Crippen LogP contribution in [0.15, 0.2) is 53.4 Å². The van der Waals surface area contributed by atoms with E-state index in [2.05, 4.69) is 5.32 Å². The molecule has 2 fully saturated rings. The standard InChI is InChI=1S/C25H28N4O5S/c30-23-21-12-11-18(17-22(21)24(31)29(23)19-7-3-1-4-8-19)26-25(32)27-13-15-28(16-14-27)35(33,34)20-9-5-2-6-10-20/h2,5-6,9-12,17,19H,1,3-4,7-8,13-16H2,(H,26,32). The molecule has 184 valence electrons. The fraction of sp³-hybridized carbons (Fsp3) is 0.400. The lowest BCUT2D eigenvalue weighted by Gasteiger charge is -2.34. The van der Waals surface area contributed by atoms with E-state index in [0.717, 1.165) is 32.1 Å². The van der Waals surface area contributed by atoms with Gasteiger partial charge in [0.25, 0.3) is 11.8 Å². The van der Waals surface area contributed by atoms with Crippen LogP contribution in [0, 0.1) is 0 Å². The Hall–Kier alpha value is -3.24. The first-order chi connectivity index (χ1) is 16.9. The SMILES string of the molecule is O=C(Nc1ccc2c(c1)C(=O)N(C1CCCCC1)C2=O)N1CCN(S(=O)(=O)c2ccccc2)CC1. The summed E-state index contributed by atoms with van der Waals surface area (Å²) in [5.74, 6) is -0.557. The molecule has 1 aliphatic carbocycles. The summed E-state index contributed by atoms with van der Waals surface area (Å²) < 4.78 is 27.0. The molecule has 0 atom stereocenters. The number of nitrogens with zero attached hydrogens (tertiary/aromatic N) is 3. The minimum Gasteiger partial charge on any atom is -0.322 e. The molecule has 1 N–H and O–H groups in total. The van der Waals surface area contributed by atoms with E-state index in [1.807, 2.05) is 0 Å². The molecule has 0 bridgehead atoms. The molecule has 2 aliphatic heterocycles. The number of hydrogen-bond donors (Lipinski definition) is 1. The topological polar surface area (TPSA) is 107 Å². The third-order valence-corrected chi connectivity index (χ3v) is 8.93. The van der Waals surface area contributed by atoms with Gasteiger partial charge in [-0.1, -0.05) is 37.5 Å². The van der Waals surface area contributed by atoms with Gasteiger partial charge < -0.3 is 10.2 Å². The van der Waals surface area contributed by atoms with Crippen molar-refractivity contribution in [3.8, 4) is 0 Å². The van der Waals surface area contributed by atoms with Gasteiger partial charge in [-0.2, -0.15) is 4.31 Å². The van der Waals surface area contributed by atoms with Crippen molar-refractivity contribution in [2.24, 2.45) is 0 Å².